The summed E-state index contributed by atoms with van der Waals surface area (Å²) in [5.74, 6) is 0.611. The Hall–Kier alpha value is -1.35. The van der Waals surface area contributed by atoms with Gasteiger partial charge in [-0.1, -0.05) is 44.2 Å². The zero-order valence-electron chi connectivity index (χ0n) is 12.5. The molecule has 0 bridgehead atoms. The van der Waals surface area contributed by atoms with Crippen LogP contribution in [0.5, 0.6) is 0 Å². The Morgan fingerprint density at radius 3 is 2.21 bits per heavy atom. The van der Waals surface area contributed by atoms with Gasteiger partial charge in [-0.05, 0) is 25.3 Å². The first kappa shape index (κ1) is 15.7. The Kier molecular flexibility index (Phi) is 6.03. The van der Waals surface area contributed by atoms with Gasteiger partial charge in [0.05, 0.1) is 0 Å². The van der Waals surface area contributed by atoms with Gasteiger partial charge in [-0.2, -0.15) is 0 Å². The second kappa shape index (κ2) is 7.29. The van der Waals surface area contributed by atoms with Crippen molar-refractivity contribution in [3.8, 4) is 0 Å². The van der Waals surface area contributed by atoms with E-state index in [0.29, 0.717) is 12.3 Å². The van der Waals surface area contributed by atoms with Gasteiger partial charge in [-0.15, -0.1) is 0 Å². The highest BCUT2D eigenvalue weighted by atomic mass is 16.2. The molecule has 0 aliphatic carbocycles. The van der Waals surface area contributed by atoms with Gasteiger partial charge in [0.15, 0.2) is 0 Å². The van der Waals surface area contributed by atoms with Crippen LogP contribution in [-0.2, 0) is 4.79 Å². The lowest BCUT2D eigenvalue weighted by Gasteiger charge is -2.29. The average Bonchev–Trinajstić information content (AvgIpc) is 2.36. The molecule has 2 N–H and O–H groups in total. The van der Waals surface area contributed by atoms with Crippen LogP contribution in [0.2, 0.25) is 0 Å². The molecule has 0 aliphatic rings. The maximum Gasteiger partial charge on any atom is 0.224 e. The number of hydrogen-bond acceptors (Lipinski definition) is 2. The van der Waals surface area contributed by atoms with Crippen molar-refractivity contribution < 1.29 is 4.79 Å². The molecule has 0 spiro atoms. The zero-order chi connectivity index (χ0) is 14.4. The quantitative estimate of drug-likeness (QED) is 0.856. The molecule has 0 saturated heterocycles. The van der Waals surface area contributed by atoms with Gasteiger partial charge in [0, 0.05) is 25.0 Å². The fraction of sp³-hybridized carbons (Fsp3) is 0.562. The third-order valence-corrected chi connectivity index (χ3v) is 3.13. The maximum absolute atomic E-state index is 12.3. The Morgan fingerprint density at radius 1 is 1.16 bits per heavy atom. The van der Waals surface area contributed by atoms with Crippen molar-refractivity contribution in [2.45, 2.75) is 46.2 Å². The monoisotopic (exact) mass is 262 g/mol. The fourth-order valence-corrected chi connectivity index (χ4v) is 2.12. The second-order valence-corrected chi connectivity index (χ2v) is 5.75. The van der Waals surface area contributed by atoms with Crippen molar-refractivity contribution in [1.29, 1.82) is 0 Å². The van der Waals surface area contributed by atoms with Crippen molar-refractivity contribution in [3.05, 3.63) is 35.9 Å². The van der Waals surface area contributed by atoms with Crippen LogP contribution in [-0.4, -0.2) is 23.4 Å². The minimum absolute atomic E-state index is 0.139. The highest BCUT2D eigenvalue weighted by Gasteiger charge is 2.20. The van der Waals surface area contributed by atoms with Gasteiger partial charge >= 0.3 is 0 Å². The summed E-state index contributed by atoms with van der Waals surface area (Å²) < 4.78 is 0. The van der Waals surface area contributed by atoms with Gasteiger partial charge in [0.25, 0.3) is 0 Å². The third-order valence-electron chi connectivity index (χ3n) is 3.13. The molecule has 1 amide bonds. The normalized spacial score (nSPS) is 12.8. The van der Waals surface area contributed by atoms with Gasteiger partial charge in [0.2, 0.25) is 5.91 Å². The molecular weight excluding hydrogens is 236 g/mol. The van der Waals surface area contributed by atoms with Gasteiger partial charge in [0.1, 0.15) is 0 Å². The van der Waals surface area contributed by atoms with E-state index < -0.39 is 0 Å². The van der Waals surface area contributed by atoms with Crippen LogP contribution in [0.25, 0.3) is 0 Å². The van der Waals surface area contributed by atoms with Gasteiger partial charge in [-0.3, -0.25) is 4.79 Å². The number of nitrogens with zero attached hydrogens (tertiary/aromatic N) is 1. The Labute approximate surface area is 116 Å². The first-order chi connectivity index (χ1) is 8.91. The van der Waals surface area contributed by atoms with E-state index >= 15 is 0 Å². The first-order valence-corrected chi connectivity index (χ1v) is 7.01. The standard InChI is InChI=1S/C16H26N2O/c1-12(2)11-18(13(3)4)16(19)10-15(17)14-8-6-5-7-9-14/h5-9,12-13,15H,10-11,17H2,1-4H3. The number of carbonyl (C=O) groups is 1. The van der Waals surface area contributed by atoms with Crippen molar-refractivity contribution in [1.82, 2.24) is 4.90 Å². The summed E-state index contributed by atoms with van der Waals surface area (Å²) in [5.41, 5.74) is 7.13. The van der Waals surface area contributed by atoms with Crippen LogP contribution in [0.1, 0.15) is 45.7 Å². The summed E-state index contributed by atoms with van der Waals surface area (Å²) in [6, 6.07) is 9.80. The minimum Gasteiger partial charge on any atom is -0.340 e. The van der Waals surface area contributed by atoms with Gasteiger partial charge in [-0.25, -0.2) is 0 Å². The maximum atomic E-state index is 12.3. The van der Waals surface area contributed by atoms with Crippen molar-refractivity contribution in [2.24, 2.45) is 11.7 Å². The van der Waals surface area contributed by atoms with E-state index in [4.69, 9.17) is 5.73 Å². The largest absolute Gasteiger partial charge is 0.340 e. The second-order valence-electron chi connectivity index (χ2n) is 5.75. The van der Waals surface area contributed by atoms with E-state index in [1.54, 1.807) is 0 Å². The van der Waals surface area contributed by atoms with Crippen LogP contribution >= 0.6 is 0 Å². The molecule has 0 aliphatic heterocycles. The van der Waals surface area contributed by atoms with E-state index in [-0.39, 0.29) is 18.0 Å². The lowest BCUT2D eigenvalue weighted by Crippen LogP contribution is -2.40. The Balaban J connectivity index is 2.66. The SMILES string of the molecule is CC(C)CN(C(=O)CC(N)c1ccccc1)C(C)C. The molecule has 0 saturated carbocycles. The minimum atomic E-state index is -0.220. The van der Waals surface area contributed by atoms with E-state index in [9.17, 15) is 4.79 Å². The summed E-state index contributed by atoms with van der Waals surface area (Å²) in [7, 11) is 0. The molecule has 1 aromatic rings. The van der Waals surface area contributed by atoms with Crippen molar-refractivity contribution in [2.75, 3.05) is 6.54 Å². The Morgan fingerprint density at radius 2 is 1.74 bits per heavy atom. The first-order valence-electron chi connectivity index (χ1n) is 7.01. The van der Waals surface area contributed by atoms with Crippen LogP contribution in [0.3, 0.4) is 0 Å². The molecule has 19 heavy (non-hydrogen) atoms. The lowest BCUT2D eigenvalue weighted by molar-refractivity contribution is -0.133. The summed E-state index contributed by atoms with van der Waals surface area (Å²) >= 11 is 0. The molecule has 0 radical (unpaired) electrons. The molecular formula is C16H26N2O. The zero-order valence-corrected chi connectivity index (χ0v) is 12.5. The predicted octanol–water partition coefficient (Wildman–Crippen LogP) is 2.97. The molecule has 1 aromatic carbocycles. The smallest absolute Gasteiger partial charge is 0.224 e. The van der Waals surface area contributed by atoms with Crippen LogP contribution in [0.15, 0.2) is 30.3 Å². The molecule has 3 heteroatoms. The molecule has 1 unspecified atom stereocenters. The highest BCUT2D eigenvalue weighted by molar-refractivity contribution is 5.77. The molecule has 0 heterocycles. The number of benzene rings is 1. The van der Waals surface area contributed by atoms with E-state index in [0.717, 1.165) is 12.1 Å². The lowest BCUT2D eigenvalue weighted by atomic mass is 10.0. The average molecular weight is 262 g/mol. The summed E-state index contributed by atoms with van der Waals surface area (Å²) in [6.45, 7) is 9.14. The van der Waals surface area contributed by atoms with Crippen LogP contribution < -0.4 is 5.73 Å². The predicted molar refractivity (Wildman–Crippen MR) is 79.7 cm³/mol. The fourth-order valence-electron chi connectivity index (χ4n) is 2.12. The molecule has 3 nitrogen and oxygen atoms in total. The number of nitrogens with two attached hydrogens (primary N) is 1. The highest BCUT2D eigenvalue weighted by Crippen LogP contribution is 2.16. The summed E-state index contributed by atoms with van der Waals surface area (Å²) in [5, 5.41) is 0. The van der Waals surface area contributed by atoms with Crippen LogP contribution in [0, 0.1) is 5.92 Å². The van der Waals surface area contributed by atoms with E-state index in [2.05, 4.69) is 13.8 Å². The van der Waals surface area contributed by atoms with Crippen molar-refractivity contribution in [3.63, 3.8) is 0 Å². The number of carbonyl (C=O) groups excluding carboxylic acids is 1. The molecule has 0 aromatic heterocycles. The number of amides is 1. The van der Waals surface area contributed by atoms with E-state index in [1.165, 1.54) is 0 Å². The topological polar surface area (TPSA) is 46.3 Å². The molecule has 1 atom stereocenters. The number of rotatable bonds is 6. The van der Waals surface area contributed by atoms with E-state index in [1.807, 2.05) is 49.1 Å². The molecule has 1 rings (SSSR count). The van der Waals surface area contributed by atoms with Crippen molar-refractivity contribution >= 4 is 5.91 Å². The molecule has 106 valence electrons. The Bertz CT molecular complexity index is 387. The third kappa shape index (κ3) is 5.03. The summed E-state index contributed by atoms with van der Waals surface area (Å²) in [4.78, 5) is 14.3. The number of hydrogen-bond donors (Lipinski definition) is 1. The molecule has 0 fully saturated rings. The van der Waals surface area contributed by atoms with Crippen LogP contribution in [0.4, 0.5) is 0 Å². The summed E-state index contributed by atoms with van der Waals surface area (Å²) in [6.07, 6.45) is 0.370. The van der Waals surface area contributed by atoms with Gasteiger partial charge < -0.3 is 10.6 Å².